The van der Waals surface area contributed by atoms with Crippen LogP contribution in [0.15, 0.2) is 17.9 Å². The van der Waals surface area contributed by atoms with Crippen molar-refractivity contribution in [1.29, 1.82) is 0 Å². The van der Waals surface area contributed by atoms with E-state index in [1.807, 2.05) is 16.0 Å². The number of aromatic nitrogens is 2. The number of hydrogen-bond donors (Lipinski definition) is 0. The van der Waals surface area contributed by atoms with Crippen molar-refractivity contribution in [3.05, 3.63) is 23.6 Å². The zero-order chi connectivity index (χ0) is 9.42. The van der Waals surface area contributed by atoms with Crippen molar-refractivity contribution in [2.24, 2.45) is 0 Å². The minimum atomic E-state index is -0.0510. The molecule has 13 heavy (non-hydrogen) atoms. The Kier molecular flexibility index (Phi) is 1.81. The van der Waals surface area contributed by atoms with Gasteiger partial charge in [-0.3, -0.25) is 9.20 Å². The second kappa shape index (κ2) is 2.85. The Morgan fingerprint density at radius 3 is 3.08 bits per heavy atom. The normalized spacial score (nSPS) is 10.6. The molecule has 5 heteroatoms. The highest BCUT2D eigenvalue weighted by Gasteiger charge is 2.15. The van der Waals surface area contributed by atoms with Crippen molar-refractivity contribution < 1.29 is 4.79 Å². The van der Waals surface area contributed by atoms with E-state index in [4.69, 9.17) is 0 Å². The Hall–Kier alpha value is -1.36. The molecule has 0 aliphatic heterocycles. The zero-order valence-electron chi connectivity index (χ0n) is 7.39. The van der Waals surface area contributed by atoms with Crippen LogP contribution in [0.4, 0.5) is 0 Å². The number of carbonyl (C=O) groups is 1. The van der Waals surface area contributed by atoms with E-state index in [0.29, 0.717) is 5.69 Å². The summed E-state index contributed by atoms with van der Waals surface area (Å²) in [5.41, 5.74) is 0.528. The molecule has 1 amide bonds. The average molecular weight is 195 g/mol. The summed E-state index contributed by atoms with van der Waals surface area (Å²) in [6.45, 7) is 0. The first-order valence-corrected chi connectivity index (χ1v) is 4.70. The molecule has 0 fully saturated rings. The predicted molar refractivity (Wildman–Crippen MR) is 51.1 cm³/mol. The number of fused-ring (bicyclic) bond motifs is 1. The van der Waals surface area contributed by atoms with Crippen molar-refractivity contribution in [3.8, 4) is 0 Å². The van der Waals surface area contributed by atoms with Gasteiger partial charge in [0.2, 0.25) is 0 Å². The largest absolute Gasteiger partial charge is 0.343 e. The quantitative estimate of drug-likeness (QED) is 0.683. The van der Waals surface area contributed by atoms with E-state index in [2.05, 4.69) is 4.98 Å². The summed E-state index contributed by atoms with van der Waals surface area (Å²) in [5.74, 6) is -0.0510. The van der Waals surface area contributed by atoms with Gasteiger partial charge in [-0.25, -0.2) is 4.98 Å². The lowest BCUT2D eigenvalue weighted by atomic mass is 10.4. The second-order valence-electron chi connectivity index (χ2n) is 2.91. The van der Waals surface area contributed by atoms with Gasteiger partial charge in [0.1, 0.15) is 11.2 Å². The molecular formula is C8H9N3OS. The Morgan fingerprint density at radius 2 is 2.38 bits per heavy atom. The smallest absolute Gasteiger partial charge is 0.275 e. The van der Waals surface area contributed by atoms with Crippen molar-refractivity contribution in [3.63, 3.8) is 0 Å². The van der Waals surface area contributed by atoms with Crippen LogP contribution in [0.1, 0.15) is 10.5 Å². The number of rotatable bonds is 1. The molecule has 2 rings (SSSR count). The van der Waals surface area contributed by atoms with Crippen LogP contribution in [0.25, 0.3) is 4.83 Å². The van der Waals surface area contributed by atoms with Gasteiger partial charge in [-0.05, 0) is 0 Å². The molecule has 0 N–H and O–H groups in total. The first kappa shape index (κ1) is 8.25. The van der Waals surface area contributed by atoms with E-state index >= 15 is 0 Å². The number of nitrogens with zero attached hydrogens (tertiary/aromatic N) is 3. The molecule has 0 aliphatic rings. The van der Waals surface area contributed by atoms with E-state index in [0.717, 1.165) is 4.83 Å². The number of hydrogen-bond acceptors (Lipinski definition) is 3. The van der Waals surface area contributed by atoms with E-state index in [-0.39, 0.29) is 5.91 Å². The molecule has 0 saturated heterocycles. The van der Waals surface area contributed by atoms with Gasteiger partial charge < -0.3 is 4.90 Å². The Labute approximate surface area is 79.4 Å². The van der Waals surface area contributed by atoms with Gasteiger partial charge in [0.05, 0.1) is 0 Å². The zero-order valence-corrected chi connectivity index (χ0v) is 8.21. The highest BCUT2D eigenvalue weighted by molar-refractivity contribution is 7.15. The van der Waals surface area contributed by atoms with Crippen LogP contribution in [0, 0.1) is 0 Å². The Morgan fingerprint density at radius 1 is 1.62 bits per heavy atom. The van der Waals surface area contributed by atoms with Crippen LogP contribution >= 0.6 is 11.3 Å². The fraction of sp³-hybridized carbons (Fsp3) is 0.250. The summed E-state index contributed by atoms with van der Waals surface area (Å²) in [6, 6.07) is 0. The van der Waals surface area contributed by atoms with Gasteiger partial charge in [-0.1, -0.05) is 0 Å². The van der Waals surface area contributed by atoms with Crippen LogP contribution < -0.4 is 0 Å². The molecule has 2 aromatic heterocycles. The minimum absolute atomic E-state index is 0.0510. The van der Waals surface area contributed by atoms with Gasteiger partial charge in [0, 0.05) is 25.7 Å². The van der Waals surface area contributed by atoms with Crippen LogP contribution in [-0.4, -0.2) is 34.3 Å². The number of carbonyl (C=O) groups excluding carboxylic acids is 1. The molecule has 2 heterocycles. The van der Waals surface area contributed by atoms with Crippen molar-refractivity contribution >= 4 is 22.1 Å². The highest BCUT2D eigenvalue weighted by atomic mass is 32.1. The molecule has 4 nitrogen and oxygen atoms in total. The summed E-state index contributed by atoms with van der Waals surface area (Å²) < 4.78 is 1.85. The average Bonchev–Trinajstić information content (AvgIpc) is 2.61. The third-order valence-corrected chi connectivity index (χ3v) is 2.64. The molecule has 0 spiro atoms. The van der Waals surface area contributed by atoms with E-state index < -0.39 is 0 Å². The van der Waals surface area contributed by atoms with Crippen molar-refractivity contribution in [1.82, 2.24) is 14.3 Å². The second-order valence-corrected chi connectivity index (χ2v) is 3.80. The number of amides is 1. The first-order chi connectivity index (χ1) is 6.20. The monoisotopic (exact) mass is 195 g/mol. The van der Waals surface area contributed by atoms with Crippen molar-refractivity contribution in [2.45, 2.75) is 0 Å². The number of thiazole rings is 1. The van der Waals surface area contributed by atoms with E-state index in [1.54, 1.807) is 20.4 Å². The van der Waals surface area contributed by atoms with Crippen LogP contribution in [0.5, 0.6) is 0 Å². The fourth-order valence-electron chi connectivity index (χ4n) is 1.09. The molecule has 0 bridgehead atoms. The van der Waals surface area contributed by atoms with Gasteiger partial charge in [0.25, 0.3) is 5.91 Å². The third-order valence-electron chi connectivity index (χ3n) is 1.76. The lowest BCUT2D eigenvalue weighted by molar-refractivity contribution is 0.0824. The van der Waals surface area contributed by atoms with Gasteiger partial charge in [-0.15, -0.1) is 11.3 Å². The topological polar surface area (TPSA) is 37.6 Å². The van der Waals surface area contributed by atoms with Crippen LogP contribution in [-0.2, 0) is 0 Å². The summed E-state index contributed by atoms with van der Waals surface area (Å²) >= 11 is 1.52. The predicted octanol–water partition coefficient (Wildman–Crippen LogP) is 1.10. The van der Waals surface area contributed by atoms with Crippen LogP contribution in [0.3, 0.4) is 0 Å². The maximum atomic E-state index is 11.6. The highest BCUT2D eigenvalue weighted by Crippen LogP contribution is 2.16. The standard InChI is InChI=1S/C8H9N3OS/c1-10(2)7(12)6-8-11(5-9-6)3-4-13-8/h3-5H,1-2H3. The SMILES string of the molecule is CN(C)C(=O)c1ncn2ccsc12. The van der Waals surface area contributed by atoms with Crippen LogP contribution in [0.2, 0.25) is 0 Å². The Bertz CT molecular complexity index is 443. The van der Waals surface area contributed by atoms with E-state index in [9.17, 15) is 4.79 Å². The fourth-order valence-corrected chi connectivity index (χ4v) is 1.89. The molecule has 0 radical (unpaired) electrons. The lowest BCUT2D eigenvalue weighted by Crippen LogP contribution is -2.22. The van der Waals surface area contributed by atoms with Crippen molar-refractivity contribution in [2.75, 3.05) is 14.1 Å². The summed E-state index contributed by atoms with van der Waals surface area (Å²) in [5, 5.41) is 1.93. The number of imidazole rings is 1. The summed E-state index contributed by atoms with van der Waals surface area (Å²) in [6.07, 6.45) is 3.54. The first-order valence-electron chi connectivity index (χ1n) is 3.82. The summed E-state index contributed by atoms with van der Waals surface area (Å²) in [7, 11) is 3.45. The maximum absolute atomic E-state index is 11.6. The molecule has 68 valence electrons. The molecule has 0 aliphatic carbocycles. The molecule has 2 aromatic rings. The van der Waals surface area contributed by atoms with E-state index in [1.165, 1.54) is 16.2 Å². The molecule has 0 atom stereocenters. The van der Waals surface area contributed by atoms with Gasteiger partial charge in [0.15, 0.2) is 5.69 Å². The minimum Gasteiger partial charge on any atom is -0.343 e. The van der Waals surface area contributed by atoms with Gasteiger partial charge >= 0.3 is 0 Å². The molecular weight excluding hydrogens is 186 g/mol. The third kappa shape index (κ3) is 1.21. The maximum Gasteiger partial charge on any atom is 0.275 e. The molecule has 0 aromatic carbocycles. The lowest BCUT2D eigenvalue weighted by Gasteiger charge is -2.06. The molecule has 0 saturated carbocycles. The Balaban J connectivity index is 2.54. The molecule has 0 unspecified atom stereocenters. The summed E-state index contributed by atoms with van der Waals surface area (Å²) in [4.78, 5) is 18.1. The van der Waals surface area contributed by atoms with Gasteiger partial charge in [-0.2, -0.15) is 0 Å².